The van der Waals surface area contributed by atoms with E-state index < -0.39 is 43.4 Å². The number of carbonyl (C=O) groups is 4. The molecule has 4 saturated heterocycles. The van der Waals surface area contributed by atoms with E-state index in [0.29, 0.717) is 100.0 Å². The molecule has 0 aliphatic carbocycles. The first-order valence-corrected chi connectivity index (χ1v) is 32.4. The van der Waals surface area contributed by atoms with Gasteiger partial charge in [0.2, 0.25) is 11.8 Å². The molecule has 90 heavy (non-hydrogen) atoms. The number of aromatic nitrogens is 2. The van der Waals surface area contributed by atoms with Crippen LogP contribution < -0.4 is 29.7 Å². The number of piperazine rings is 1. The van der Waals surface area contributed by atoms with Gasteiger partial charge in [-0.25, -0.2) is 18.1 Å². The molecule has 7 aromatic rings. The number of likely N-dealkylation sites (tertiary alicyclic amines) is 1. The molecule has 23 heteroatoms. The van der Waals surface area contributed by atoms with Gasteiger partial charge in [0.1, 0.15) is 34.6 Å². The number of anilines is 2. The van der Waals surface area contributed by atoms with Gasteiger partial charge in [0.05, 0.1) is 28.2 Å². The highest BCUT2D eigenvalue weighted by Gasteiger charge is 2.40. The molecule has 4 amide bonds. The number of hydrogen-bond acceptors (Lipinski definition) is 16. The standard InChI is InChI=1S/C67H69ClN10O11S/c68-49-15-13-47(14-16-49)53-10-7-12-61(88-43-45-39-75(40-45)27-5-3-1-2-4-8-46-9-6-11-54-56(46)42-77(67(54)82)59-21-22-63(79)72-66(59)81)57(53)41-74-28-30-76(31-29-74)50-17-19-55(62(35-50)89-51-34-48-23-26-69-64(48)71-38-51)65(80)73-90(85,86)52-18-20-58(60(36-52)78(83)84)70-37-44-24-32-87-33-25-44/h6-7,9-20,23,26,34-36,38,44-45,59,70H,1-3,5,21-22,24-25,27-33,37,39-43H2,(H,69,71)(H,73,80)(H,72,79,81). The molecule has 4 N–H and O–H groups in total. The van der Waals surface area contributed by atoms with Crippen LogP contribution in [0.2, 0.25) is 5.02 Å². The van der Waals surface area contributed by atoms with Crippen LogP contribution in [-0.4, -0.2) is 140 Å². The van der Waals surface area contributed by atoms with Crippen molar-refractivity contribution < 1.29 is 46.7 Å². The lowest BCUT2D eigenvalue weighted by Crippen LogP contribution is -2.52. The molecule has 0 radical (unpaired) electrons. The Kier molecular flexibility index (Phi) is 18.8. The number of hydrogen-bond donors (Lipinski definition) is 4. The number of nitrogens with zero attached hydrogens (tertiary/aromatic N) is 6. The zero-order valence-electron chi connectivity index (χ0n) is 49.6. The van der Waals surface area contributed by atoms with Crippen molar-refractivity contribution in [3.05, 3.63) is 165 Å². The molecule has 2 aromatic heterocycles. The zero-order valence-corrected chi connectivity index (χ0v) is 51.2. The Morgan fingerprint density at radius 1 is 0.856 bits per heavy atom. The first-order chi connectivity index (χ1) is 43.7. The maximum Gasteiger partial charge on any atom is 0.293 e. The smallest absolute Gasteiger partial charge is 0.293 e. The molecular formula is C67H69ClN10O11S. The van der Waals surface area contributed by atoms with Crippen molar-refractivity contribution >= 4 is 73.3 Å². The molecule has 0 spiro atoms. The normalized spacial score (nSPS) is 17.5. The van der Waals surface area contributed by atoms with Crippen molar-refractivity contribution in [2.45, 2.75) is 75.4 Å². The van der Waals surface area contributed by atoms with Gasteiger partial charge in [-0.3, -0.25) is 39.5 Å². The number of aromatic amines is 1. The van der Waals surface area contributed by atoms with Crippen molar-refractivity contribution in [2.24, 2.45) is 11.8 Å². The average molecular weight is 1260 g/mol. The molecule has 4 fully saturated rings. The summed E-state index contributed by atoms with van der Waals surface area (Å²) in [6.45, 7) is 8.69. The van der Waals surface area contributed by atoms with E-state index in [2.05, 4.69) is 57.9 Å². The van der Waals surface area contributed by atoms with Crippen LogP contribution in [0, 0.1) is 33.8 Å². The summed E-state index contributed by atoms with van der Waals surface area (Å²) in [6, 6.07) is 31.0. The number of halogens is 1. The first kappa shape index (κ1) is 61.4. The molecule has 7 heterocycles. The van der Waals surface area contributed by atoms with E-state index in [1.165, 1.54) is 24.4 Å². The number of imide groups is 1. The number of nitro groups is 1. The van der Waals surface area contributed by atoms with Gasteiger partial charge < -0.3 is 39.2 Å². The average Bonchev–Trinajstić information content (AvgIpc) is 2.04. The van der Waals surface area contributed by atoms with Crippen molar-refractivity contribution in [2.75, 3.05) is 82.4 Å². The Balaban J connectivity index is 0.657. The second kappa shape index (κ2) is 27.5. The lowest BCUT2D eigenvalue weighted by molar-refractivity contribution is -0.384. The van der Waals surface area contributed by atoms with Crippen LogP contribution in [0.15, 0.2) is 126 Å². The van der Waals surface area contributed by atoms with Gasteiger partial charge in [-0.2, -0.15) is 0 Å². The Hall–Kier alpha value is -8.85. The largest absolute Gasteiger partial charge is 0.493 e. The molecule has 1 atom stereocenters. The Bertz CT molecular complexity index is 4040. The maximum atomic E-state index is 14.1. The summed E-state index contributed by atoms with van der Waals surface area (Å²) in [7, 11) is -4.62. The van der Waals surface area contributed by atoms with Crippen LogP contribution in [-0.2, 0) is 37.4 Å². The van der Waals surface area contributed by atoms with Gasteiger partial charge in [-0.15, -0.1) is 0 Å². The van der Waals surface area contributed by atoms with E-state index in [9.17, 15) is 37.7 Å². The van der Waals surface area contributed by atoms with Crippen LogP contribution in [0.4, 0.5) is 17.1 Å². The third-order valence-electron chi connectivity index (χ3n) is 17.4. The fourth-order valence-corrected chi connectivity index (χ4v) is 13.5. The third kappa shape index (κ3) is 14.3. The first-order valence-electron chi connectivity index (χ1n) is 30.6. The highest BCUT2D eigenvalue weighted by atomic mass is 35.5. The number of piperidine rings is 1. The summed E-state index contributed by atoms with van der Waals surface area (Å²) in [5.74, 6) is 6.54. The van der Waals surface area contributed by atoms with E-state index in [-0.39, 0.29) is 41.2 Å². The van der Waals surface area contributed by atoms with E-state index in [1.54, 1.807) is 35.4 Å². The number of ether oxygens (including phenoxy) is 3. The maximum absolute atomic E-state index is 14.1. The fourth-order valence-electron chi connectivity index (χ4n) is 12.4. The summed E-state index contributed by atoms with van der Waals surface area (Å²) in [6.07, 6.45) is 9.19. The molecule has 5 aliphatic rings. The van der Waals surface area contributed by atoms with Crippen molar-refractivity contribution in [1.29, 1.82) is 0 Å². The number of fused-ring (bicyclic) bond motifs is 2. The number of unbranched alkanes of at least 4 members (excludes halogenated alkanes) is 3. The Morgan fingerprint density at radius 3 is 2.46 bits per heavy atom. The minimum Gasteiger partial charge on any atom is -0.493 e. The van der Waals surface area contributed by atoms with E-state index in [1.807, 2.05) is 54.6 Å². The predicted molar refractivity (Wildman–Crippen MR) is 340 cm³/mol. The van der Waals surface area contributed by atoms with Crippen LogP contribution in [0.3, 0.4) is 0 Å². The molecule has 1 unspecified atom stereocenters. The third-order valence-corrected chi connectivity index (χ3v) is 19.0. The number of nitro benzene ring substituents is 1. The predicted octanol–water partition coefficient (Wildman–Crippen LogP) is 9.55. The molecule has 12 rings (SSSR count). The quantitative estimate of drug-likeness (QED) is 0.0162. The molecule has 5 aromatic carbocycles. The van der Waals surface area contributed by atoms with Crippen LogP contribution >= 0.6 is 11.6 Å². The second-order valence-electron chi connectivity index (χ2n) is 23.5. The minimum absolute atomic E-state index is 0.0758. The number of pyridine rings is 1. The summed E-state index contributed by atoms with van der Waals surface area (Å²) in [5.41, 5.74) is 6.42. The highest BCUT2D eigenvalue weighted by Crippen LogP contribution is 2.37. The summed E-state index contributed by atoms with van der Waals surface area (Å²) >= 11 is 6.37. The topological polar surface area (TPSA) is 251 Å². The lowest BCUT2D eigenvalue weighted by Gasteiger charge is -2.39. The van der Waals surface area contributed by atoms with Gasteiger partial charge in [0.15, 0.2) is 0 Å². The van der Waals surface area contributed by atoms with Gasteiger partial charge >= 0.3 is 0 Å². The minimum atomic E-state index is -4.62. The van der Waals surface area contributed by atoms with Crippen molar-refractivity contribution in [3.8, 4) is 40.2 Å². The van der Waals surface area contributed by atoms with E-state index in [0.717, 1.165) is 109 Å². The number of nitrogens with one attached hydrogen (secondary N) is 4. The van der Waals surface area contributed by atoms with Gasteiger partial charge in [-0.1, -0.05) is 60.2 Å². The monoisotopic (exact) mass is 1260 g/mol. The summed E-state index contributed by atoms with van der Waals surface area (Å²) in [5, 5.41) is 19.1. The van der Waals surface area contributed by atoms with Gasteiger partial charge in [0, 0.05) is 142 Å². The molecule has 0 bridgehead atoms. The highest BCUT2D eigenvalue weighted by molar-refractivity contribution is 7.90. The number of amides is 4. The Morgan fingerprint density at radius 2 is 1.66 bits per heavy atom. The SMILES string of the molecule is O=C1CCC(N2Cc3c(C#CCCCCCN4CC(COc5cccc(-c6ccc(Cl)cc6)c5CN5CCN(c6ccc(C(=O)NS(=O)(=O)c7ccc(NCC8CCOCC8)c([N+](=O)[O-])c7)c(Oc7cnc8[nH]ccc8c7)c6)CC5)C4)cccc3C2=O)C(=O)N1. The van der Waals surface area contributed by atoms with Gasteiger partial charge in [-0.05, 0) is 128 Å². The molecule has 466 valence electrons. The zero-order chi connectivity index (χ0) is 62.3. The number of rotatable bonds is 22. The van der Waals surface area contributed by atoms with Crippen LogP contribution in [0.1, 0.15) is 88.8 Å². The Labute approximate surface area is 526 Å². The van der Waals surface area contributed by atoms with Crippen LogP contribution in [0.25, 0.3) is 22.2 Å². The molecule has 21 nitrogen and oxygen atoms in total. The molecule has 0 saturated carbocycles. The number of sulfonamides is 1. The van der Waals surface area contributed by atoms with Crippen LogP contribution in [0.5, 0.6) is 17.2 Å². The van der Waals surface area contributed by atoms with Gasteiger partial charge in [0.25, 0.3) is 27.5 Å². The van der Waals surface area contributed by atoms with E-state index >= 15 is 0 Å². The second-order valence-corrected chi connectivity index (χ2v) is 25.6. The lowest BCUT2D eigenvalue weighted by atomic mass is 9.97. The fraction of sp³-hybridized carbons (Fsp3) is 0.358. The summed E-state index contributed by atoms with van der Waals surface area (Å²) < 4.78 is 48.4. The summed E-state index contributed by atoms with van der Waals surface area (Å²) in [4.78, 5) is 78.9. The molecule has 5 aliphatic heterocycles. The number of H-pyrrole nitrogens is 1. The number of benzene rings is 5. The number of carbonyl (C=O) groups excluding carboxylic acids is 4. The molecular weight excluding hydrogens is 1190 g/mol. The van der Waals surface area contributed by atoms with Crippen molar-refractivity contribution in [1.82, 2.24) is 34.7 Å². The van der Waals surface area contributed by atoms with E-state index in [4.69, 9.17) is 25.8 Å². The van der Waals surface area contributed by atoms with Crippen molar-refractivity contribution in [3.63, 3.8) is 0 Å².